The Morgan fingerprint density at radius 2 is 2.22 bits per heavy atom. The number of nitrogens with one attached hydrogen (secondary N) is 2. The molecule has 108 valence electrons. The Bertz CT molecular complexity index is 307. The topological polar surface area (TPSA) is 67.4 Å². The highest BCUT2D eigenvalue weighted by atomic mass is 32.2. The van der Waals surface area contributed by atoms with E-state index >= 15 is 0 Å². The molecule has 0 amide bonds. The van der Waals surface area contributed by atoms with E-state index in [0.29, 0.717) is 6.61 Å². The molecule has 1 aliphatic rings. The number of hydrogen-bond donors (Lipinski definition) is 2. The number of ether oxygens (including phenoxy) is 1. The first-order valence-electron chi connectivity index (χ1n) is 6.79. The molecule has 18 heavy (non-hydrogen) atoms. The Kier molecular flexibility index (Phi) is 7.14. The molecule has 2 unspecified atom stereocenters. The Morgan fingerprint density at radius 1 is 1.44 bits per heavy atom. The Labute approximate surface area is 111 Å². The van der Waals surface area contributed by atoms with Crippen molar-refractivity contribution in [2.75, 3.05) is 26.0 Å². The Morgan fingerprint density at radius 3 is 2.78 bits per heavy atom. The monoisotopic (exact) mass is 278 g/mol. The second-order valence-corrected chi connectivity index (χ2v) is 6.79. The van der Waals surface area contributed by atoms with Gasteiger partial charge in [0.05, 0.1) is 12.4 Å². The van der Waals surface area contributed by atoms with Crippen molar-refractivity contribution in [1.29, 1.82) is 0 Å². The normalized spacial score (nSPS) is 22.9. The van der Waals surface area contributed by atoms with Crippen molar-refractivity contribution in [3.05, 3.63) is 0 Å². The number of piperidine rings is 1. The molecule has 6 heteroatoms. The smallest absolute Gasteiger partial charge is 0.213 e. The van der Waals surface area contributed by atoms with Crippen LogP contribution in [0.25, 0.3) is 0 Å². The molecule has 0 radical (unpaired) electrons. The zero-order valence-electron chi connectivity index (χ0n) is 11.4. The lowest BCUT2D eigenvalue weighted by Gasteiger charge is -2.24. The van der Waals surface area contributed by atoms with Crippen molar-refractivity contribution in [3.8, 4) is 0 Å². The number of sulfonamides is 1. The van der Waals surface area contributed by atoms with Gasteiger partial charge in [0.15, 0.2) is 0 Å². The molecule has 0 aromatic heterocycles. The summed E-state index contributed by atoms with van der Waals surface area (Å²) in [7, 11) is -1.62. The van der Waals surface area contributed by atoms with Crippen molar-refractivity contribution in [1.82, 2.24) is 10.0 Å². The number of methoxy groups -OCH3 is 1. The van der Waals surface area contributed by atoms with E-state index in [-0.39, 0.29) is 17.8 Å². The zero-order valence-corrected chi connectivity index (χ0v) is 12.3. The Hall–Kier alpha value is -0.170. The molecule has 0 bridgehead atoms. The molecule has 1 saturated heterocycles. The minimum absolute atomic E-state index is 0.0982. The second-order valence-electron chi connectivity index (χ2n) is 4.99. The summed E-state index contributed by atoms with van der Waals surface area (Å²) in [5, 5.41) is 3.26. The average molecular weight is 278 g/mol. The van der Waals surface area contributed by atoms with Crippen LogP contribution in [0.2, 0.25) is 0 Å². The predicted molar refractivity (Wildman–Crippen MR) is 73.1 cm³/mol. The van der Waals surface area contributed by atoms with Crippen molar-refractivity contribution >= 4 is 10.0 Å². The van der Waals surface area contributed by atoms with Crippen molar-refractivity contribution in [2.45, 2.75) is 51.1 Å². The molecule has 0 saturated carbocycles. The van der Waals surface area contributed by atoms with Crippen LogP contribution in [0.15, 0.2) is 0 Å². The lowest BCUT2D eigenvalue weighted by Crippen LogP contribution is -2.46. The molecule has 0 spiro atoms. The second kappa shape index (κ2) is 8.09. The van der Waals surface area contributed by atoms with E-state index in [1.807, 2.05) is 6.92 Å². The van der Waals surface area contributed by atoms with Gasteiger partial charge in [0.2, 0.25) is 10.0 Å². The fourth-order valence-corrected chi connectivity index (χ4v) is 3.96. The third-order valence-electron chi connectivity index (χ3n) is 3.18. The summed E-state index contributed by atoms with van der Waals surface area (Å²) in [6, 6.07) is -0.00494. The third kappa shape index (κ3) is 6.13. The van der Waals surface area contributed by atoms with Crippen LogP contribution in [-0.2, 0) is 14.8 Å². The van der Waals surface area contributed by atoms with Crippen LogP contribution in [-0.4, -0.2) is 46.5 Å². The first kappa shape index (κ1) is 15.9. The van der Waals surface area contributed by atoms with Gasteiger partial charge in [0, 0.05) is 19.2 Å². The highest BCUT2D eigenvalue weighted by molar-refractivity contribution is 7.89. The van der Waals surface area contributed by atoms with E-state index in [0.717, 1.165) is 38.6 Å². The first-order valence-corrected chi connectivity index (χ1v) is 8.45. The third-order valence-corrected chi connectivity index (χ3v) is 4.72. The number of hydrogen-bond acceptors (Lipinski definition) is 4. The average Bonchev–Trinajstić information content (AvgIpc) is 2.29. The van der Waals surface area contributed by atoms with Gasteiger partial charge in [0.25, 0.3) is 0 Å². The zero-order chi connectivity index (χ0) is 13.4. The summed E-state index contributed by atoms with van der Waals surface area (Å²) < 4.78 is 31.9. The lowest BCUT2D eigenvalue weighted by molar-refractivity contribution is 0.171. The highest BCUT2D eigenvalue weighted by Gasteiger charge is 2.23. The van der Waals surface area contributed by atoms with Crippen LogP contribution in [0.3, 0.4) is 0 Å². The van der Waals surface area contributed by atoms with Gasteiger partial charge in [-0.3, -0.25) is 0 Å². The number of rotatable bonds is 8. The molecule has 0 aromatic rings. The van der Waals surface area contributed by atoms with Crippen molar-refractivity contribution in [3.63, 3.8) is 0 Å². The van der Waals surface area contributed by atoms with E-state index < -0.39 is 10.0 Å². The van der Waals surface area contributed by atoms with Crippen molar-refractivity contribution in [2.24, 2.45) is 0 Å². The summed E-state index contributed by atoms with van der Waals surface area (Å²) in [4.78, 5) is 0. The summed E-state index contributed by atoms with van der Waals surface area (Å²) in [5.74, 6) is 0.178. The van der Waals surface area contributed by atoms with Gasteiger partial charge >= 0.3 is 0 Å². The molecular formula is C12H26N2O3S. The maximum atomic E-state index is 12.1. The predicted octanol–water partition coefficient (Wildman–Crippen LogP) is 0.863. The van der Waals surface area contributed by atoms with E-state index in [1.165, 1.54) is 0 Å². The molecule has 2 N–H and O–H groups in total. The van der Waals surface area contributed by atoms with Crippen LogP contribution in [0.4, 0.5) is 0 Å². The SMILES string of the molecule is CCCC(COC)NS(=O)(=O)CC1CCCCN1. The minimum atomic E-state index is -3.22. The molecule has 2 atom stereocenters. The van der Waals surface area contributed by atoms with Crippen LogP contribution >= 0.6 is 0 Å². The molecule has 1 aliphatic heterocycles. The van der Waals surface area contributed by atoms with Crippen LogP contribution in [0.1, 0.15) is 39.0 Å². The van der Waals surface area contributed by atoms with E-state index in [4.69, 9.17) is 4.74 Å². The van der Waals surface area contributed by atoms with Crippen LogP contribution in [0.5, 0.6) is 0 Å². The van der Waals surface area contributed by atoms with Gasteiger partial charge in [-0.15, -0.1) is 0 Å². The fourth-order valence-electron chi connectivity index (χ4n) is 2.36. The first-order chi connectivity index (χ1) is 8.57. The summed E-state index contributed by atoms with van der Waals surface area (Å²) in [5.41, 5.74) is 0. The molecule has 1 heterocycles. The van der Waals surface area contributed by atoms with Gasteiger partial charge < -0.3 is 10.1 Å². The summed E-state index contributed by atoms with van der Waals surface area (Å²) in [6.45, 7) is 3.40. The highest BCUT2D eigenvalue weighted by Crippen LogP contribution is 2.09. The molecular weight excluding hydrogens is 252 g/mol. The van der Waals surface area contributed by atoms with Gasteiger partial charge in [-0.1, -0.05) is 19.8 Å². The van der Waals surface area contributed by atoms with Crippen molar-refractivity contribution < 1.29 is 13.2 Å². The quantitative estimate of drug-likeness (QED) is 0.691. The lowest BCUT2D eigenvalue weighted by atomic mass is 10.1. The van der Waals surface area contributed by atoms with Gasteiger partial charge in [0.1, 0.15) is 0 Å². The minimum Gasteiger partial charge on any atom is -0.383 e. The maximum Gasteiger partial charge on any atom is 0.213 e. The van der Waals surface area contributed by atoms with E-state index in [1.54, 1.807) is 7.11 Å². The Balaban J connectivity index is 2.45. The van der Waals surface area contributed by atoms with Gasteiger partial charge in [-0.25, -0.2) is 13.1 Å². The van der Waals surface area contributed by atoms with E-state index in [9.17, 15) is 8.42 Å². The fraction of sp³-hybridized carbons (Fsp3) is 1.00. The van der Waals surface area contributed by atoms with Gasteiger partial charge in [-0.2, -0.15) is 0 Å². The van der Waals surface area contributed by atoms with Gasteiger partial charge in [-0.05, 0) is 25.8 Å². The van der Waals surface area contributed by atoms with Crippen LogP contribution < -0.4 is 10.0 Å². The van der Waals surface area contributed by atoms with Crippen LogP contribution in [0, 0.1) is 0 Å². The summed E-state index contributed by atoms with van der Waals surface area (Å²) in [6.07, 6.45) is 4.96. The molecule has 5 nitrogen and oxygen atoms in total. The molecule has 1 rings (SSSR count). The summed E-state index contributed by atoms with van der Waals surface area (Å²) >= 11 is 0. The molecule has 0 aromatic carbocycles. The van der Waals surface area contributed by atoms with E-state index in [2.05, 4.69) is 10.0 Å². The largest absolute Gasteiger partial charge is 0.383 e. The maximum absolute atomic E-state index is 12.1. The standard InChI is InChI=1S/C12H26N2O3S/c1-3-6-11(9-17-2)14-18(15,16)10-12-7-4-5-8-13-12/h11-14H,3-10H2,1-2H3. The molecule has 0 aliphatic carbocycles. The molecule has 1 fully saturated rings.